The number of esters is 1. The van der Waals surface area contributed by atoms with Gasteiger partial charge in [-0.15, -0.1) is 0 Å². The minimum Gasteiger partial charge on any atom is -0.496 e. The lowest BCUT2D eigenvalue weighted by Gasteiger charge is -2.13. The lowest BCUT2D eigenvalue weighted by atomic mass is 10.1. The summed E-state index contributed by atoms with van der Waals surface area (Å²) in [7, 11) is 2.16. The molecule has 0 aliphatic carbocycles. The van der Waals surface area contributed by atoms with Crippen molar-refractivity contribution in [3.05, 3.63) is 40.9 Å². The molecule has 2 rings (SSSR count). The first kappa shape index (κ1) is 25.8. The van der Waals surface area contributed by atoms with Gasteiger partial charge in [0.15, 0.2) is 21.4 Å². The second-order valence-corrected chi connectivity index (χ2v) is 8.45. The van der Waals surface area contributed by atoms with Crippen LogP contribution in [0.4, 0.5) is 5.82 Å². The van der Waals surface area contributed by atoms with E-state index in [1.165, 1.54) is 40.6 Å². The Morgan fingerprint density at radius 3 is 2.18 bits per heavy atom. The number of nitrogens with zero attached hydrogens (tertiary/aromatic N) is 1. The van der Waals surface area contributed by atoms with Crippen LogP contribution in [0.2, 0.25) is 0 Å². The molecule has 11 heteroatoms. The van der Waals surface area contributed by atoms with E-state index in [9.17, 15) is 13.2 Å². The number of hydrogen-bond acceptors (Lipinski definition) is 10. The number of pyridine rings is 1. The lowest BCUT2D eigenvalue weighted by molar-refractivity contribution is -0.140. The number of carbonyl (C=O) groups is 1. The van der Waals surface area contributed by atoms with Gasteiger partial charge in [-0.25, -0.2) is 13.4 Å². The summed E-state index contributed by atoms with van der Waals surface area (Å²) in [5.41, 5.74) is 0.712. The van der Waals surface area contributed by atoms with Crippen molar-refractivity contribution in [3.8, 4) is 23.0 Å². The van der Waals surface area contributed by atoms with E-state index >= 15 is 0 Å². The van der Waals surface area contributed by atoms with Crippen molar-refractivity contribution in [1.82, 2.24) is 4.98 Å². The molecule has 0 amide bonds. The van der Waals surface area contributed by atoms with Crippen molar-refractivity contribution < 1.29 is 36.9 Å². The van der Waals surface area contributed by atoms with Crippen LogP contribution in [-0.4, -0.2) is 61.0 Å². The number of methoxy groups -OCH3 is 4. The van der Waals surface area contributed by atoms with E-state index in [0.29, 0.717) is 28.6 Å². The summed E-state index contributed by atoms with van der Waals surface area (Å²) in [6.07, 6.45) is 1.40. The minimum atomic E-state index is -3.72. The van der Waals surface area contributed by atoms with E-state index in [0.717, 1.165) is 5.41 Å². The van der Waals surface area contributed by atoms with Crippen molar-refractivity contribution in [2.24, 2.45) is 0 Å². The van der Waals surface area contributed by atoms with Crippen LogP contribution in [0.25, 0.3) is 6.08 Å². The molecule has 0 saturated carbocycles. The van der Waals surface area contributed by atoms with Gasteiger partial charge in [-0.2, -0.15) is 0 Å². The van der Waals surface area contributed by atoms with Crippen LogP contribution < -0.4 is 24.3 Å². The van der Waals surface area contributed by atoms with Crippen LogP contribution >= 0.6 is 0 Å². The molecule has 0 bridgehead atoms. The van der Waals surface area contributed by atoms with E-state index in [1.54, 1.807) is 25.1 Å². The fourth-order valence-electron chi connectivity index (χ4n) is 2.85. The van der Waals surface area contributed by atoms with Crippen LogP contribution in [-0.2, 0) is 25.1 Å². The average molecular weight is 481 g/mol. The van der Waals surface area contributed by atoms with Crippen LogP contribution in [0.5, 0.6) is 23.0 Å². The Balaban J connectivity index is 2.26. The van der Waals surface area contributed by atoms with Crippen LogP contribution in [0, 0.1) is 0 Å². The van der Waals surface area contributed by atoms with Crippen molar-refractivity contribution in [1.29, 1.82) is 0 Å². The molecule has 0 aliphatic heterocycles. The first-order valence-electron chi connectivity index (χ1n) is 9.91. The van der Waals surface area contributed by atoms with Crippen LogP contribution in [0.1, 0.15) is 18.2 Å². The first-order valence-corrected chi connectivity index (χ1v) is 11.6. The highest BCUT2D eigenvalue weighted by Gasteiger charge is 2.16. The smallest absolute Gasteiger partial charge is 0.325 e. The van der Waals surface area contributed by atoms with Gasteiger partial charge in [0.25, 0.3) is 0 Å². The third-order valence-corrected chi connectivity index (χ3v) is 5.63. The number of carbonyl (C=O) groups excluding carboxylic acids is 1. The molecule has 0 spiro atoms. The second kappa shape index (κ2) is 12.0. The standard InChI is InChI=1S/C22H28N2O8S/c1-6-32-21(25)13-23-22-18(29-3)8-7-15(24-22)14-33(26,27)10-9-17-19(30-4)11-16(28-2)12-20(17)31-5/h7-12H,6,13-14H2,1-5H3,(H,23,24)/b10-9+. The molecular weight excluding hydrogens is 452 g/mol. The number of sulfone groups is 1. The van der Waals surface area contributed by atoms with Gasteiger partial charge in [0, 0.05) is 17.5 Å². The fraction of sp³-hybridized carbons (Fsp3) is 0.364. The number of aromatic nitrogens is 1. The highest BCUT2D eigenvalue weighted by Crippen LogP contribution is 2.35. The first-order chi connectivity index (χ1) is 15.8. The van der Waals surface area contributed by atoms with Crippen molar-refractivity contribution in [3.63, 3.8) is 0 Å². The molecule has 33 heavy (non-hydrogen) atoms. The van der Waals surface area contributed by atoms with Gasteiger partial charge in [0.2, 0.25) is 0 Å². The van der Waals surface area contributed by atoms with Gasteiger partial charge < -0.3 is 29.0 Å². The highest BCUT2D eigenvalue weighted by atomic mass is 32.2. The summed E-state index contributed by atoms with van der Waals surface area (Å²) >= 11 is 0. The normalized spacial score (nSPS) is 11.2. The minimum absolute atomic E-state index is 0.135. The molecule has 0 radical (unpaired) electrons. The maximum atomic E-state index is 12.8. The maximum Gasteiger partial charge on any atom is 0.325 e. The Morgan fingerprint density at radius 1 is 1.00 bits per heavy atom. The molecule has 0 unspecified atom stereocenters. The quantitative estimate of drug-likeness (QED) is 0.454. The van der Waals surface area contributed by atoms with E-state index in [2.05, 4.69) is 10.3 Å². The Bertz CT molecular complexity index is 1070. The largest absolute Gasteiger partial charge is 0.496 e. The monoisotopic (exact) mass is 480 g/mol. The van der Waals surface area contributed by atoms with Gasteiger partial charge >= 0.3 is 5.97 Å². The number of nitrogens with one attached hydrogen (secondary N) is 1. The van der Waals surface area contributed by atoms with Gasteiger partial charge in [0.1, 0.15) is 23.8 Å². The Hall–Kier alpha value is -3.47. The van der Waals surface area contributed by atoms with E-state index in [4.69, 9.17) is 23.7 Å². The van der Waals surface area contributed by atoms with Crippen molar-refractivity contribution in [2.75, 3.05) is 46.9 Å². The highest BCUT2D eigenvalue weighted by molar-refractivity contribution is 7.93. The molecule has 1 aromatic heterocycles. The molecule has 1 heterocycles. The summed E-state index contributed by atoms with van der Waals surface area (Å²) in [5.74, 6) is 1.06. The molecule has 0 atom stereocenters. The molecule has 0 fully saturated rings. The Kier molecular flexibility index (Phi) is 9.34. The number of ether oxygens (including phenoxy) is 5. The summed E-state index contributed by atoms with van der Waals surface area (Å²) < 4.78 is 51.5. The predicted octanol–water partition coefficient (Wildman–Crippen LogP) is 2.68. The number of rotatable bonds is 12. The summed E-state index contributed by atoms with van der Waals surface area (Å²) in [6.45, 7) is 1.82. The average Bonchev–Trinajstić information content (AvgIpc) is 2.80. The predicted molar refractivity (Wildman–Crippen MR) is 124 cm³/mol. The summed E-state index contributed by atoms with van der Waals surface area (Å²) in [6, 6.07) is 6.36. The zero-order chi connectivity index (χ0) is 24.4. The van der Waals surface area contributed by atoms with Crippen molar-refractivity contribution in [2.45, 2.75) is 12.7 Å². The SMILES string of the molecule is CCOC(=O)CNc1nc(CS(=O)(=O)/C=C/c2c(OC)cc(OC)cc2OC)ccc1OC. The van der Waals surface area contributed by atoms with Gasteiger partial charge in [-0.3, -0.25) is 4.79 Å². The maximum absolute atomic E-state index is 12.8. The van der Waals surface area contributed by atoms with E-state index in [1.807, 2.05) is 0 Å². The van der Waals surface area contributed by atoms with Gasteiger partial charge in [-0.1, -0.05) is 0 Å². The Labute approximate surface area is 193 Å². The van der Waals surface area contributed by atoms with Crippen LogP contribution in [0.15, 0.2) is 29.7 Å². The summed E-state index contributed by atoms with van der Waals surface area (Å²) in [5, 5.41) is 3.87. The second-order valence-electron chi connectivity index (χ2n) is 6.57. The molecule has 0 saturated heterocycles. The van der Waals surface area contributed by atoms with E-state index in [-0.39, 0.29) is 30.4 Å². The van der Waals surface area contributed by atoms with Crippen LogP contribution in [0.3, 0.4) is 0 Å². The third-order valence-electron chi connectivity index (χ3n) is 4.39. The Morgan fingerprint density at radius 2 is 1.64 bits per heavy atom. The van der Waals surface area contributed by atoms with E-state index < -0.39 is 15.8 Å². The number of anilines is 1. The zero-order valence-corrected chi connectivity index (χ0v) is 20.0. The topological polar surface area (TPSA) is 122 Å². The molecule has 0 aliphatic rings. The molecular formula is C22H28N2O8S. The zero-order valence-electron chi connectivity index (χ0n) is 19.2. The molecule has 1 N–H and O–H groups in total. The van der Waals surface area contributed by atoms with Gasteiger partial charge in [-0.05, 0) is 25.1 Å². The molecule has 180 valence electrons. The number of benzene rings is 1. The molecule has 2 aromatic rings. The third kappa shape index (κ3) is 7.28. The summed E-state index contributed by atoms with van der Waals surface area (Å²) in [4.78, 5) is 15.9. The molecule has 10 nitrogen and oxygen atoms in total. The number of hydrogen-bond donors (Lipinski definition) is 1. The molecule has 1 aromatic carbocycles. The van der Waals surface area contributed by atoms with Crippen molar-refractivity contribution >= 4 is 27.7 Å². The fourth-order valence-corrected chi connectivity index (χ4v) is 3.86. The lowest BCUT2D eigenvalue weighted by Crippen LogP contribution is -2.18. The van der Waals surface area contributed by atoms with Gasteiger partial charge in [0.05, 0.1) is 52.1 Å².